The van der Waals surface area contributed by atoms with E-state index in [1.54, 1.807) is 46.1 Å². The summed E-state index contributed by atoms with van der Waals surface area (Å²) in [6.07, 6.45) is 2.79. The topological polar surface area (TPSA) is 52.6 Å². The molecule has 0 aliphatic carbocycles. The highest BCUT2D eigenvalue weighted by atomic mass is 16.6. The van der Waals surface area contributed by atoms with E-state index in [1.165, 1.54) is 6.08 Å². The molecule has 19 heavy (non-hydrogen) atoms. The van der Waals surface area contributed by atoms with E-state index in [4.69, 9.17) is 9.47 Å². The van der Waals surface area contributed by atoms with E-state index in [-0.39, 0.29) is 0 Å². The van der Waals surface area contributed by atoms with E-state index in [0.29, 0.717) is 5.75 Å². The maximum absolute atomic E-state index is 11.5. The summed E-state index contributed by atoms with van der Waals surface area (Å²) in [6, 6.07) is 7.20. The van der Waals surface area contributed by atoms with E-state index >= 15 is 0 Å². The molecule has 0 saturated carbocycles. The highest BCUT2D eigenvalue weighted by Crippen LogP contribution is 2.16. The Labute approximate surface area is 113 Å². The van der Waals surface area contributed by atoms with Crippen LogP contribution < -0.4 is 4.74 Å². The van der Waals surface area contributed by atoms with Crippen LogP contribution in [0.5, 0.6) is 5.75 Å². The molecule has 0 radical (unpaired) electrons. The maximum Gasteiger partial charge on any atom is 0.338 e. The van der Waals surface area contributed by atoms with Gasteiger partial charge in [0.25, 0.3) is 0 Å². The fourth-order valence-corrected chi connectivity index (χ4v) is 1.19. The van der Waals surface area contributed by atoms with E-state index in [2.05, 4.69) is 0 Å². The monoisotopic (exact) mass is 262 g/mol. The molecule has 0 N–H and O–H groups in total. The second-order valence-electron chi connectivity index (χ2n) is 5.07. The molecule has 0 fully saturated rings. The van der Waals surface area contributed by atoms with Crippen LogP contribution in [0.4, 0.5) is 0 Å². The van der Waals surface area contributed by atoms with Gasteiger partial charge in [0.2, 0.25) is 0 Å². The third-order valence-electron chi connectivity index (χ3n) is 2.31. The first-order valence-electron chi connectivity index (χ1n) is 5.91. The van der Waals surface area contributed by atoms with Crippen LogP contribution in [0.3, 0.4) is 0 Å². The Morgan fingerprint density at radius 1 is 1.21 bits per heavy atom. The summed E-state index contributed by atoms with van der Waals surface area (Å²) >= 11 is 0. The largest absolute Gasteiger partial charge is 0.497 e. The summed E-state index contributed by atoms with van der Waals surface area (Å²) in [5.41, 5.74) is 0.0962. The van der Waals surface area contributed by atoms with Crippen LogP contribution in [0.15, 0.2) is 30.3 Å². The van der Waals surface area contributed by atoms with Crippen molar-refractivity contribution in [2.75, 3.05) is 7.11 Å². The van der Waals surface area contributed by atoms with Gasteiger partial charge in [-0.05, 0) is 44.5 Å². The van der Waals surface area contributed by atoms with Crippen molar-refractivity contribution < 1.29 is 19.1 Å². The molecule has 1 aromatic carbocycles. The molecule has 102 valence electrons. The molecular weight excluding hydrogens is 244 g/mol. The molecule has 0 aliphatic rings. The molecule has 0 aliphatic heterocycles. The fourth-order valence-electron chi connectivity index (χ4n) is 1.19. The minimum Gasteiger partial charge on any atom is -0.497 e. The second kappa shape index (κ2) is 6.18. The number of ether oxygens (including phenoxy) is 2. The van der Waals surface area contributed by atoms with Crippen molar-refractivity contribution in [3.05, 3.63) is 35.9 Å². The van der Waals surface area contributed by atoms with Gasteiger partial charge in [0.1, 0.15) is 5.75 Å². The summed E-state index contributed by atoms with van der Waals surface area (Å²) < 4.78 is 9.76. The highest BCUT2D eigenvalue weighted by molar-refractivity contribution is 5.96. The molecule has 0 amide bonds. The lowest BCUT2D eigenvalue weighted by molar-refractivity contribution is -0.162. The van der Waals surface area contributed by atoms with Gasteiger partial charge >= 0.3 is 11.9 Å². The van der Waals surface area contributed by atoms with Gasteiger partial charge in [-0.25, -0.2) is 4.79 Å². The predicted octanol–water partition coefficient (Wildman–Crippen LogP) is 2.82. The van der Waals surface area contributed by atoms with E-state index < -0.39 is 17.4 Å². The minimum absolute atomic E-state index is 0.548. The van der Waals surface area contributed by atoms with Gasteiger partial charge in [-0.3, -0.25) is 4.79 Å². The van der Waals surface area contributed by atoms with Crippen LogP contribution in [0.1, 0.15) is 26.3 Å². The molecule has 1 rings (SSSR count). The van der Waals surface area contributed by atoms with Gasteiger partial charge in [-0.1, -0.05) is 12.1 Å². The third kappa shape index (κ3) is 4.95. The molecule has 0 atom stereocenters. The zero-order valence-electron chi connectivity index (χ0n) is 11.6. The van der Waals surface area contributed by atoms with Gasteiger partial charge in [0.15, 0.2) is 0 Å². The Morgan fingerprint density at radius 3 is 2.47 bits per heavy atom. The number of esters is 2. The number of carbonyl (C=O) groups excluding carboxylic acids is 2. The lowest BCUT2D eigenvalue weighted by Gasteiger charge is -2.14. The number of benzene rings is 1. The standard InChI is InChI=1S/C15H18O4/c1-15(2,3)14(17)19-13(16)9-8-11-6-5-7-12(10-11)18-4/h5-10H,1-4H3/b9-8+. The average Bonchev–Trinajstić information content (AvgIpc) is 2.35. The fraction of sp³-hybridized carbons (Fsp3) is 0.333. The minimum atomic E-state index is -0.695. The van der Waals surface area contributed by atoms with Gasteiger partial charge in [-0.2, -0.15) is 0 Å². The molecule has 1 aromatic rings. The molecule has 0 spiro atoms. The van der Waals surface area contributed by atoms with Crippen LogP contribution in [0.25, 0.3) is 6.08 Å². The van der Waals surface area contributed by atoms with Crippen molar-refractivity contribution in [3.63, 3.8) is 0 Å². The average molecular weight is 262 g/mol. The number of hydrogen-bond acceptors (Lipinski definition) is 4. The summed E-state index contributed by atoms with van der Waals surface area (Å²) in [5.74, 6) is -0.531. The smallest absolute Gasteiger partial charge is 0.338 e. The maximum atomic E-state index is 11.5. The zero-order chi connectivity index (χ0) is 14.5. The molecular formula is C15H18O4. The lowest BCUT2D eigenvalue weighted by atomic mass is 9.97. The number of methoxy groups -OCH3 is 1. The number of rotatable bonds is 3. The van der Waals surface area contributed by atoms with Gasteiger partial charge in [-0.15, -0.1) is 0 Å². The van der Waals surface area contributed by atoms with E-state index in [9.17, 15) is 9.59 Å². The number of hydrogen-bond donors (Lipinski definition) is 0. The molecule has 0 heterocycles. The quantitative estimate of drug-likeness (QED) is 0.477. The van der Waals surface area contributed by atoms with Crippen LogP contribution in [-0.4, -0.2) is 19.0 Å². The summed E-state index contributed by atoms with van der Waals surface area (Å²) in [5, 5.41) is 0. The van der Waals surface area contributed by atoms with Crippen molar-refractivity contribution in [1.82, 2.24) is 0 Å². The van der Waals surface area contributed by atoms with Crippen molar-refractivity contribution in [3.8, 4) is 5.75 Å². The Bertz CT molecular complexity index is 495. The van der Waals surface area contributed by atoms with Gasteiger partial charge in [0, 0.05) is 6.08 Å². The van der Waals surface area contributed by atoms with Gasteiger partial charge in [0.05, 0.1) is 12.5 Å². The normalized spacial score (nSPS) is 11.4. The van der Waals surface area contributed by atoms with Crippen molar-refractivity contribution in [2.45, 2.75) is 20.8 Å². The molecule has 0 saturated heterocycles. The second-order valence-corrected chi connectivity index (χ2v) is 5.07. The summed E-state index contributed by atoms with van der Waals surface area (Å²) in [7, 11) is 1.57. The third-order valence-corrected chi connectivity index (χ3v) is 2.31. The van der Waals surface area contributed by atoms with Crippen molar-refractivity contribution >= 4 is 18.0 Å². The summed E-state index contributed by atoms with van der Waals surface area (Å²) in [6.45, 7) is 5.07. The van der Waals surface area contributed by atoms with E-state index in [0.717, 1.165) is 5.56 Å². The Kier molecular flexibility index (Phi) is 4.87. The van der Waals surface area contributed by atoms with E-state index in [1.807, 2.05) is 12.1 Å². The molecule has 4 nitrogen and oxygen atoms in total. The summed E-state index contributed by atoms with van der Waals surface area (Å²) in [4.78, 5) is 23.0. The molecule has 0 unspecified atom stereocenters. The molecule has 4 heteroatoms. The lowest BCUT2D eigenvalue weighted by Crippen LogP contribution is -2.25. The van der Waals surface area contributed by atoms with Crippen LogP contribution >= 0.6 is 0 Å². The Morgan fingerprint density at radius 2 is 1.89 bits per heavy atom. The van der Waals surface area contributed by atoms with Crippen molar-refractivity contribution in [2.24, 2.45) is 5.41 Å². The predicted molar refractivity (Wildman–Crippen MR) is 72.6 cm³/mol. The SMILES string of the molecule is COc1cccc(/C=C/C(=O)OC(=O)C(C)(C)C)c1. The van der Waals surface area contributed by atoms with Gasteiger partial charge < -0.3 is 9.47 Å². The first-order valence-corrected chi connectivity index (χ1v) is 5.91. The molecule has 0 bridgehead atoms. The Balaban J connectivity index is 2.66. The highest BCUT2D eigenvalue weighted by Gasteiger charge is 2.24. The Hall–Kier alpha value is -2.10. The first kappa shape index (κ1) is 15.0. The first-order chi connectivity index (χ1) is 8.82. The van der Waals surface area contributed by atoms with Crippen LogP contribution in [0.2, 0.25) is 0 Å². The number of carbonyl (C=O) groups is 2. The van der Waals surface area contributed by atoms with Crippen LogP contribution in [0, 0.1) is 5.41 Å². The molecule has 0 aromatic heterocycles. The van der Waals surface area contributed by atoms with Crippen LogP contribution in [-0.2, 0) is 14.3 Å². The zero-order valence-corrected chi connectivity index (χ0v) is 11.6. The van der Waals surface area contributed by atoms with Crippen molar-refractivity contribution in [1.29, 1.82) is 0 Å².